The lowest BCUT2D eigenvalue weighted by Gasteiger charge is -2.22. The summed E-state index contributed by atoms with van der Waals surface area (Å²) in [4.78, 5) is 14.8. The molecule has 0 spiro atoms. The highest BCUT2D eigenvalue weighted by Gasteiger charge is 2.28. The van der Waals surface area contributed by atoms with Gasteiger partial charge in [0.05, 0.1) is 5.25 Å². The van der Waals surface area contributed by atoms with Crippen LogP contribution in [0.5, 0.6) is 0 Å². The van der Waals surface area contributed by atoms with E-state index in [2.05, 4.69) is 9.71 Å². The predicted molar refractivity (Wildman–Crippen MR) is 70.6 cm³/mol. The molecule has 0 aliphatic heterocycles. The summed E-state index contributed by atoms with van der Waals surface area (Å²) in [7, 11) is -3.57. The predicted octanol–water partition coefficient (Wildman–Crippen LogP) is 1.85. The molecule has 0 radical (unpaired) electrons. The van der Waals surface area contributed by atoms with Gasteiger partial charge in [0.2, 0.25) is 10.0 Å². The van der Waals surface area contributed by atoms with Crippen molar-refractivity contribution in [3.05, 3.63) is 23.9 Å². The lowest BCUT2D eigenvalue weighted by molar-refractivity contribution is 0.0697. The Morgan fingerprint density at radius 1 is 1.32 bits per heavy atom. The average molecular weight is 284 g/mol. The van der Waals surface area contributed by atoms with E-state index in [1.165, 1.54) is 18.3 Å². The summed E-state index contributed by atoms with van der Waals surface area (Å²) in [6, 6.07) is 2.79. The van der Waals surface area contributed by atoms with Crippen LogP contribution >= 0.6 is 0 Å². The van der Waals surface area contributed by atoms with Crippen LogP contribution in [0.2, 0.25) is 0 Å². The quantitative estimate of drug-likeness (QED) is 0.879. The van der Waals surface area contributed by atoms with Crippen molar-refractivity contribution in [3.8, 4) is 0 Å². The number of hydrogen-bond donors (Lipinski definition) is 2. The van der Waals surface area contributed by atoms with Crippen molar-refractivity contribution in [1.29, 1.82) is 0 Å². The number of carboxylic acid groups (broad SMARTS) is 1. The fourth-order valence-corrected chi connectivity index (χ4v) is 3.81. The molecule has 2 N–H and O–H groups in total. The normalized spacial score (nSPS) is 17.1. The molecular formula is C12H16N2O4S. The van der Waals surface area contributed by atoms with Gasteiger partial charge in [0.1, 0.15) is 5.56 Å². The zero-order chi connectivity index (χ0) is 13.9. The highest BCUT2D eigenvalue weighted by molar-refractivity contribution is 7.93. The van der Waals surface area contributed by atoms with Crippen LogP contribution in [-0.2, 0) is 10.0 Å². The molecule has 104 valence electrons. The Balaban J connectivity index is 2.22. The van der Waals surface area contributed by atoms with Gasteiger partial charge in [0, 0.05) is 6.20 Å². The van der Waals surface area contributed by atoms with Crippen LogP contribution in [0.25, 0.3) is 0 Å². The van der Waals surface area contributed by atoms with Crippen LogP contribution in [0.3, 0.4) is 0 Å². The van der Waals surface area contributed by atoms with Crippen molar-refractivity contribution < 1.29 is 18.3 Å². The fourth-order valence-electron chi connectivity index (χ4n) is 2.25. The molecule has 0 aromatic carbocycles. The molecule has 1 saturated carbocycles. The number of sulfonamides is 1. The summed E-state index contributed by atoms with van der Waals surface area (Å²) in [6.07, 6.45) is 5.43. The van der Waals surface area contributed by atoms with E-state index < -0.39 is 21.2 Å². The molecule has 1 aliphatic carbocycles. The largest absolute Gasteiger partial charge is 0.478 e. The van der Waals surface area contributed by atoms with Crippen LogP contribution in [0.1, 0.15) is 42.5 Å². The fraction of sp³-hybridized carbons (Fsp3) is 0.500. The van der Waals surface area contributed by atoms with Crippen molar-refractivity contribution in [2.24, 2.45) is 0 Å². The van der Waals surface area contributed by atoms with Crippen LogP contribution < -0.4 is 4.72 Å². The maximum absolute atomic E-state index is 12.2. The van der Waals surface area contributed by atoms with E-state index in [1.807, 2.05) is 0 Å². The standard InChI is InChI=1S/C12H16N2O4S/c15-12(16)10-7-4-8-13-11(10)14-19(17,18)9-5-2-1-3-6-9/h4,7-9H,1-3,5-6H2,(H,13,14)(H,15,16). The molecule has 0 bridgehead atoms. The van der Waals surface area contributed by atoms with Gasteiger partial charge in [-0.15, -0.1) is 0 Å². The molecule has 0 saturated heterocycles. The van der Waals surface area contributed by atoms with Gasteiger partial charge in [0.25, 0.3) is 0 Å². The minimum absolute atomic E-state index is 0.111. The van der Waals surface area contributed by atoms with Crippen LogP contribution in [0.15, 0.2) is 18.3 Å². The summed E-state index contributed by atoms with van der Waals surface area (Å²) in [5, 5.41) is 8.54. The second-order valence-corrected chi connectivity index (χ2v) is 6.57. The molecule has 19 heavy (non-hydrogen) atoms. The minimum Gasteiger partial charge on any atom is -0.478 e. The SMILES string of the molecule is O=C(O)c1cccnc1NS(=O)(=O)C1CCCCC1. The van der Waals surface area contributed by atoms with Crippen LogP contribution in [0.4, 0.5) is 5.82 Å². The zero-order valence-corrected chi connectivity index (χ0v) is 11.2. The third kappa shape index (κ3) is 3.23. The van der Waals surface area contributed by atoms with Gasteiger partial charge in [-0.3, -0.25) is 4.72 Å². The van der Waals surface area contributed by atoms with E-state index in [-0.39, 0.29) is 11.4 Å². The first-order chi connectivity index (χ1) is 9.00. The first-order valence-electron chi connectivity index (χ1n) is 6.20. The Morgan fingerprint density at radius 3 is 2.63 bits per heavy atom. The maximum Gasteiger partial charge on any atom is 0.339 e. The van der Waals surface area contributed by atoms with Crippen molar-refractivity contribution >= 4 is 21.8 Å². The molecule has 6 nitrogen and oxygen atoms in total. The molecular weight excluding hydrogens is 268 g/mol. The van der Waals surface area contributed by atoms with Crippen molar-refractivity contribution in [2.75, 3.05) is 4.72 Å². The van der Waals surface area contributed by atoms with Crippen molar-refractivity contribution in [2.45, 2.75) is 37.4 Å². The Bertz CT molecular complexity index is 565. The van der Waals surface area contributed by atoms with E-state index >= 15 is 0 Å². The summed E-state index contributed by atoms with van der Waals surface area (Å²) in [6.45, 7) is 0. The van der Waals surface area contributed by atoms with Gasteiger partial charge in [-0.25, -0.2) is 18.2 Å². The summed E-state index contributed by atoms with van der Waals surface area (Å²) in [5.41, 5.74) is -0.137. The Kier molecular flexibility index (Phi) is 4.04. The first-order valence-corrected chi connectivity index (χ1v) is 7.75. The van der Waals surface area contributed by atoms with Crippen molar-refractivity contribution in [3.63, 3.8) is 0 Å². The van der Waals surface area contributed by atoms with Crippen molar-refractivity contribution in [1.82, 2.24) is 4.98 Å². The minimum atomic E-state index is -3.57. The molecule has 7 heteroatoms. The highest BCUT2D eigenvalue weighted by atomic mass is 32.2. The third-order valence-corrected chi connectivity index (χ3v) is 5.10. The highest BCUT2D eigenvalue weighted by Crippen LogP contribution is 2.25. The van der Waals surface area contributed by atoms with Gasteiger partial charge < -0.3 is 5.11 Å². The van der Waals surface area contributed by atoms with E-state index in [0.717, 1.165) is 19.3 Å². The number of hydrogen-bond acceptors (Lipinski definition) is 4. The number of nitrogens with zero attached hydrogens (tertiary/aromatic N) is 1. The number of carbonyl (C=O) groups is 1. The number of anilines is 1. The van der Waals surface area contributed by atoms with Gasteiger partial charge in [-0.1, -0.05) is 19.3 Å². The van der Waals surface area contributed by atoms with Gasteiger partial charge >= 0.3 is 5.97 Å². The first kappa shape index (κ1) is 13.8. The number of nitrogens with one attached hydrogen (secondary N) is 1. The van der Waals surface area contributed by atoms with E-state index in [1.54, 1.807) is 0 Å². The average Bonchev–Trinajstić information content (AvgIpc) is 2.39. The number of rotatable bonds is 4. The molecule has 1 aromatic heterocycles. The maximum atomic E-state index is 12.2. The van der Waals surface area contributed by atoms with Gasteiger partial charge in [-0.2, -0.15) is 0 Å². The number of pyridine rings is 1. The molecule has 1 aliphatic rings. The molecule has 0 unspecified atom stereocenters. The van der Waals surface area contributed by atoms with E-state index in [0.29, 0.717) is 12.8 Å². The number of aromatic carboxylic acids is 1. The Hall–Kier alpha value is -1.63. The lowest BCUT2D eigenvalue weighted by Crippen LogP contribution is -2.30. The van der Waals surface area contributed by atoms with Crippen LogP contribution in [0, 0.1) is 0 Å². The van der Waals surface area contributed by atoms with E-state index in [9.17, 15) is 13.2 Å². The molecule has 0 amide bonds. The number of aromatic nitrogens is 1. The zero-order valence-electron chi connectivity index (χ0n) is 10.4. The van der Waals surface area contributed by atoms with Crippen LogP contribution in [-0.4, -0.2) is 29.7 Å². The molecule has 0 atom stereocenters. The summed E-state index contributed by atoms with van der Waals surface area (Å²) < 4.78 is 26.7. The lowest BCUT2D eigenvalue weighted by atomic mass is 10.0. The summed E-state index contributed by atoms with van der Waals surface area (Å²) in [5.74, 6) is -1.31. The van der Waals surface area contributed by atoms with Gasteiger partial charge in [0.15, 0.2) is 5.82 Å². The molecule has 1 aromatic rings. The molecule has 1 heterocycles. The third-order valence-electron chi connectivity index (χ3n) is 3.27. The second kappa shape index (κ2) is 5.56. The Labute approximate surface area is 111 Å². The number of carboxylic acids is 1. The van der Waals surface area contributed by atoms with E-state index in [4.69, 9.17) is 5.11 Å². The molecule has 1 fully saturated rings. The molecule has 2 rings (SSSR count). The second-order valence-electron chi connectivity index (χ2n) is 4.61. The smallest absolute Gasteiger partial charge is 0.339 e. The summed E-state index contributed by atoms with van der Waals surface area (Å²) >= 11 is 0. The Morgan fingerprint density at radius 2 is 2.00 bits per heavy atom. The topological polar surface area (TPSA) is 96.4 Å². The van der Waals surface area contributed by atoms with Gasteiger partial charge in [-0.05, 0) is 25.0 Å². The monoisotopic (exact) mass is 284 g/mol.